The minimum atomic E-state index is -0.265. The number of aromatic amines is 2. The van der Waals surface area contributed by atoms with Crippen molar-refractivity contribution in [3.8, 4) is 5.88 Å². The first kappa shape index (κ1) is 23.7. The van der Waals surface area contributed by atoms with E-state index >= 15 is 0 Å². The summed E-state index contributed by atoms with van der Waals surface area (Å²) in [6, 6.07) is 15.4. The zero-order valence-corrected chi connectivity index (χ0v) is 20.5. The van der Waals surface area contributed by atoms with Crippen LogP contribution in [0.5, 0.6) is 5.88 Å². The number of carbonyl (C=O) groups is 2. The van der Waals surface area contributed by atoms with E-state index < -0.39 is 0 Å². The van der Waals surface area contributed by atoms with Gasteiger partial charge in [0.2, 0.25) is 0 Å². The van der Waals surface area contributed by atoms with Gasteiger partial charge in [0.15, 0.2) is 17.5 Å². The van der Waals surface area contributed by atoms with Gasteiger partial charge in [0.25, 0.3) is 5.91 Å². The fourth-order valence-corrected chi connectivity index (χ4v) is 4.11. The first-order valence-electron chi connectivity index (χ1n) is 11.7. The Morgan fingerprint density at radius 1 is 1.08 bits per heavy atom. The second-order valence-corrected chi connectivity index (χ2v) is 8.66. The monoisotopic (exact) mass is 495 g/mol. The molecule has 3 heterocycles. The largest absolute Gasteiger partial charge is 0.494 e. The Kier molecular flexibility index (Phi) is 6.14. The number of carbonyl (C=O) groups excluding carboxylic acids is 2. The summed E-state index contributed by atoms with van der Waals surface area (Å²) in [5, 5.41) is 25.1. The highest BCUT2D eigenvalue weighted by Crippen LogP contribution is 2.28. The summed E-state index contributed by atoms with van der Waals surface area (Å²) >= 11 is 0. The van der Waals surface area contributed by atoms with Crippen molar-refractivity contribution in [2.75, 3.05) is 5.32 Å². The van der Waals surface area contributed by atoms with E-state index in [9.17, 15) is 14.7 Å². The molecule has 0 unspecified atom stereocenters. The molecule has 0 saturated carbocycles. The van der Waals surface area contributed by atoms with E-state index in [1.807, 2.05) is 20.8 Å². The third-order valence-corrected chi connectivity index (χ3v) is 5.94. The Bertz CT molecular complexity index is 1660. The van der Waals surface area contributed by atoms with E-state index in [4.69, 9.17) is 0 Å². The van der Waals surface area contributed by atoms with Crippen LogP contribution in [-0.2, 0) is 6.54 Å². The minimum Gasteiger partial charge on any atom is -0.494 e. The van der Waals surface area contributed by atoms with Gasteiger partial charge in [-0.1, -0.05) is 0 Å². The molecule has 4 N–H and O–H groups in total. The average molecular weight is 496 g/mol. The van der Waals surface area contributed by atoms with E-state index in [-0.39, 0.29) is 17.6 Å². The number of ketones is 1. The normalized spacial score (nSPS) is 11.4. The van der Waals surface area contributed by atoms with Crippen molar-refractivity contribution < 1.29 is 14.7 Å². The SMILES string of the molecule is CCn1nc(C)cc1C(=O)Nc1ccc(C(=O)c2ccc3[nH]c(O)c(C=Nc4cc(C)[nH]n4)c3c2)cc1. The lowest BCUT2D eigenvalue weighted by molar-refractivity contribution is 0.101. The third kappa shape index (κ3) is 4.76. The van der Waals surface area contributed by atoms with Crippen molar-refractivity contribution in [2.24, 2.45) is 4.99 Å². The second-order valence-electron chi connectivity index (χ2n) is 8.66. The molecule has 5 rings (SSSR count). The van der Waals surface area contributed by atoms with Crippen LogP contribution in [0.1, 0.15) is 50.3 Å². The molecule has 10 nitrogen and oxygen atoms in total. The molecule has 10 heteroatoms. The van der Waals surface area contributed by atoms with Crippen LogP contribution in [0, 0.1) is 13.8 Å². The molecule has 0 radical (unpaired) electrons. The number of aryl methyl sites for hydroxylation is 3. The molecule has 0 fully saturated rings. The first-order chi connectivity index (χ1) is 17.8. The maximum atomic E-state index is 13.2. The van der Waals surface area contributed by atoms with Gasteiger partial charge in [-0.25, -0.2) is 4.99 Å². The van der Waals surface area contributed by atoms with Crippen LogP contribution in [0.4, 0.5) is 11.5 Å². The Hall–Kier alpha value is -4.99. The number of aromatic hydroxyl groups is 1. The molecule has 0 aliphatic carbocycles. The Balaban J connectivity index is 1.36. The van der Waals surface area contributed by atoms with E-state index in [2.05, 4.69) is 30.6 Å². The number of benzene rings is 2. The maximum Gasteiger partial charge on any atom is 0.273 e. The molecular weight excluding hydrogens is 470 g/mol. The fraction of sp³-hybridized carbons (Fsp3) is 0.148. The highest BCUT2D eigenvalue weighted by Gasteiger charge is 2.16. The molecule has 186 valence electrons. The van der Waals surface area contributed by atoms with Crippen LogP contribution in [0.15, 0.2) is 59.6 Å². The number of nitrogens with zero attached hydrogens (tertiary/aromatic N) is 4. The Morgan fingerprint density at radius 2 is 1.84 bits per heavy atom. The van der Waals surface area contributed by atoms with Gasteiger partial charge in [0.1, 0.15) is 5.69 Å². The zero-order valence-electron chi connectivity index (χ0n) is 20.5. The molecule has 5 aromatic rings. The van der Waals surface area contributed by atoms with Gasteiger partial charge in [-0.3, -0.25) is 19.4 Å². The van der Waals surface area contributed by atoms with Crippen molar-refractivity contribution in [3.63, 3.8) is 0 Å². The summed E-state index contributed by atoms with van der Waals surface area (Å²) in [6.45, 7) is 6.22. The van der Waals surface area contributed by atoms with Gasteiger partial charge in [-0.2, -0.15) is 10.2 Å². The molecule has 0 atom stereocenters. The van der Waals surface area contributed by atoms with Gasteiger partial charge in [0.05, 0.1) is 11.3 Å². The summed E-state index contributed by atoms with van der Waals surface area (Å²) in [7, 11) is 0. The molecule has 0 bridgehead atoms. The van der Waals surface area contributed by atoms with E-state index in [1.54, 1.807) is 59.3 Å². The molecule has 37 heavy (non-hydrogen) atoms. The van der Waals surface area contributed by atoms with E-state index in [0.717, 1.165) is 11.4 Å². The molecule has 1 amide bonds. The van der Waals surface area contributed by atoms with Gasteiger partial charge in [0, 0.05) is 52.2 Å². The van der Waals surface area contributed by atoms with Crippen molar-refractivity contribution in [3.05, 3.63) is 88.4 Å². The van der Waals surface area contributed by atoms with Crippen LogP contribution < -0.4 is 5.32 Å². The highest BCUT2D eigenvalue weighted by molar-refractivity contribution is 6.12. The average Bonchev–Trinajstić information content (AvgIpc) is 3.58. The summed E-state index contributed by atoms with van der Waals surface area (Å²) in [6.07, 6.45) is 1.52. The molecule has 0 aliphatic rings. The van der Waals surface area contributed by atoms with Crippen LogP contribution in [0.2, 0.25) is 0 Å². The number of nitrogens with one attached hydrogen (secondary N) is 3. The van der Waals surface area contributed by atoms with Gasteiger partial charge in [-0.05, 0) is 69.3 Å². The molecule has 0 aliphatic heterocycles. The highest BCUT2D eigenvalue weighted by atomic mass is 16.3. The summed E-state index contributed by atoms with van der Waals surface area (Å²) < 4.78 is 1.65. The quantitative estimate of drug-likeness (QED) is 0.192. The lowest BCUT2D eigenvalue weighted by atomic mass is 10.0. The number of anilines is 1. The van der Waals surface area contributed by atoms with Crippen LogP contribution in [-0.4, -0.2) is 48.0 Å². The fourth-order valence-electron chi connectivity index (χ4n) is 4.11. The van der Waals surface area contributed by atoms with E-state index in [0.29, 0.717) is 51.3 Å². The number of fused-ring (bicyclic) bond motifs is 1. The van der Waals surface area contributed by atoms with Crippen molar-refractivity contribution in [1.82, 2.24) is 25.0 Å². The number of amides is 1. The summed E-state index contributed by atoms with van der Waals surface area (Å²) in [4.78, 5) is 33.1. The molecule has 2 aromatic carbocycles. The predicted molar refractivity (Wildman–Crippen MR) is 141 cm³/mol. The molecular formula is C27H25N7O3. The zero-order chi connectivity index (χ0) is 26.1. The number of hydrogen-bond acceptors (Lipinski definition) is 6. The van der Waals surface area contributed by atoms with Gasteiger partial charge >= 0.3 is 0 Å². The number of aromatic nitrogens is 5. The maximum absolute atomic E-state index is 13.2. The lowest BCUT2D eigenvalue weighted by Gasteiger charge is -2.08. The lowest BCUT2D eigenvalue weighted by Crippen LogP contribution is -2.17. The Labute approximate surface area is 212 Å². The number of hydrogen-bond donors (Lipinski definition) is 4. The smallest absolute Gasteiger partial charge is 0.273 e. The van der Waals surface area contributed by atoms with Crippen LogP contribution in [0.3, 0.4) is 0 Å². The van der Waals surface area contributed by atoms with Crippen molar-refractivity contribution in [2.45, 2.75) is 27.3 Å². The van der Waals surface area contributed by atoms with E-state index in [1.165, 1.54) is 6.21 Å². The molecule has 0 spiro atoms. The summed E-state index contributed by atoms with van der Waals surface area (Å²) in [5.41, 5.74) is 4.75. The topological polar surface area (TPSA) is 141 Å². The minimum absolute atomic E-state index is 0.0460. The molecule has 0 saturated heterocycles. The Morgan fingerprint density at radius 3 is 2.54 bits per heavy atom. The third-order valence-electron chi connectivity index (χ3n) is 5.94. The molecule has 3 aromatic heterocycles. The number of aliphatic imine (C=N–C) groups is 1. The van der Waals surface area contributed by atoms with Crippen LogP contribution >= 0.6 is 0 Å². The standard InChI is InChI=1S/C27H25N7O3/c1-4-34-23(11-16(3)33-34)27(37)29-19-8-5-17(6-9-19)25(35)18-7-10-22-20(13-18)21(26(36)30-22)14-28-24-12-15(2)31-32-24/h5-14,30,36H,4H2,1-3H3,(H,29,37)(H,31,32). The first-order valence-corrected chi connectivity index (χ1v) is 11.7. The van der Waals surface area contributed by atoms with Crippen LogP contribution in [0.25, 0.3) is 10.9 Å². The second kappa shape index (κ2) is 9.57. The number of rotatable bonds is 7. The summed E-state index contributed by atoms with van der Waals surface area (Å²) in [5.74, 6) is -0.0142. The van der Waals surface area contributed by atoms with Gasteiger partial charge in [-0.15, -0.1) is 0 Å². The van der Waals surface area contributed by atoms with Crippen molar-refractivity contribution in [1.29, 1.82) is 0 Å². The number of H-pyrrole nitrogens is 2. The predicted octanol–water partition coefficient (Wildman–Crippen LogP) is 4.66. The van der Waals surface area contributed by atoms with Crippen molar-refractivity contribution >= 4 is 40.3 Å². The van der Waals surface area contributed by atoms with Gasteiger partial charge < -0.3 is 15.4 Å².